The Morgan fingerprint density at radius 2 is 1.64 bits per heavy atom. The van der Waals surface area contributed by atoms with Crippen molar-refractivity contribution < 1.29 is 14.3 Å². The van der Waals surface area contributed by atoms with Gasteiger partial charge in [0.15, 0.2) is 0 Å². The van der Waals surface area contributed by atoms with Gasteiger partial charge in [0.25, 0.3) is 0 Å². The number of rotatable bonds is 1. The average molecular weight is 344 g/mol. The van der Waals surface area contributed by atoms with E-state index in [0.717, 1.165) is 19.4 Å². The Morgan fingerprint density at radius 1 is 0.920 bits per heavy atom. The van der Waals surface area contributed by atoms with Crippen LogP contribution < -0.4 is 0 Å². The zero-order chi connectivity index (χ0) is 17.6. The molecule has 8 atom stereocenters. The number of hydrogen-bond donors (Lipinski definition) is 0. The molecule has 1 aliphatic heterocycles. The second-order valence-electron chi connectivity index (χ2n) is 10.6. The number of ketones is 2. The quantitative estimate of drug-likeness (QED) is 0.670. The van der Waals surface area contributed by atoms with Gasteiger partial charge in [-0.25, -0.2) is 0 Å². The summed E-state index contributed by atoms with van der Waals surface area (Å²) in [5, 5.41) is 0. The van der Waals surface area contributed by atoms with Gasteiger partial charge >= 0.3 is 0 Å². The standard InChI is InChI=1S/C22H32O3/c1-20-8-6-13(23)10-17(20)18(24)11-14-15-4-5-19(22(3)12-25-22)21(15,2)9-7-16(14)20/h14-17,19H,4-12H2,1-3H3/t14?,15?,16?,17?,19?,20-,21+,22?/m1/s1. The molecule has 0 aromatic heterocycles. The molecule has 3 nitrogen and oxygen atoms in total. The van der Waals surface area contributed by atoms with Crippen molar-refractivity contribution >= 4 is 11.6 Å². The van der Waals surface area contributed by atoms with Gasteiger partial charge in [-0.2, -0.15) is 0 Å². The Bertz CT molecular complexity index is 635. The van der Waals surface area contributed by atoms with Crippen molar-refractivity contribution in [3.05, 3.63) is 0 Å². The summed E-state index contributed by atoms with van der Waals surface area (Å²) in [7, 11) is 0. The van der Waals surface area contributed by atoms with Crippen molar-refractivity contribution in [2.24, 2.45) is 40.4 Å². The molecule has 5 aliphatic rings. The number of carbonyl (C=O) groups excluding carboxylic acids is 2. The van der Waals surface area contributed by atoms with Gasteiger partial charge in [0, 0.05) is 25.2 Å². The van der Waals surface area contributed by atoms with E-state index < -0.39 is 0 Å². The van der Waals surface area contributed by atoms with Gasteiger partial charge in [0.2, 0.25) is 0 Å². The van der Waals surface area contributed by atoms with Crippen LogP contribution in [0.2, 0.25) is 0 Å². The van der Waals surface area contributed by atoms with Crippen molar-refractivity contribution in [1.82, 2.24) is 0 Å². The minimum atomic E-state index is 0.0147. The molecule has 138 valence electrons. The van der Waals surface area contributed by atoms with Crippen LogP contribution in [0.1, 0.15) is 72.1 Å². The summed E-state index contributed by atoms with van der Waals surface area (Å²) in [6.45, 7) is 8.07. The molecule has 25 heavy (non-hydrogen) atoms. The van der Waals surface area contributed by atoms with E-state index in [1.807, 2.05) is 0 Å². The third kappa shape index (κ3) is 2.08. The van der Waals surface area contributed by atoms with Gasteiger partial charge in [0.05, 0.1) is 12.2 Å². The molecule has 6 unspecified atom stereocenters. The first-order valence-electron chi connectivity index (χ1n) is 10.5. The lowest BCUT2D eigenvalue weighted by molar-refractivity contribution is -0.159. The predicted octanol–water partition coefficient (Wildman–Crippen LogP) is 4.18. The molecule has 4 aliphatic carbocycles. The smallest absolute Gasteiger partial charge is 0.137 e. The molecule has 3 heteroatoms. The zero-order valence-corrected chi connectivity index (χ0v) is 16.0. The van der Waals surface area contributed by atoms with Crippen LogP contribution in [0.5, 0.6) is 0 Å². The predicted molar refractivity (Wildman–Crippen MR) is 95.0 cm³/mol. The topological polar surface area (TPSA) is 46.7 Å². The van der Waals surface area contributed by atoms with Crippen LogP contribution in [0.15, 0.2) is 0 Å². The Morgan fingerprint density at radius 3 is 2.36 bits per heavy atom. The highest BCUT2D eigenvalue weighted by molar-refractivity contribution is 5.90. The van der Waals surface area contributed by atoms with Crippen LogP contribution in [0.25, 0.3) is 0 Å². The highest BCUT2D eigenvalue weighted by Crippen LogP contribution is 2.69. The van der Waals surface area contributed by atoms with Crippen LogP contribution >= 0.6 is 0 Å². The number of carbonyl (C=O) groups is 2. The van der Waals surface area contributed by atoms with Crippen molar-refractivity contribution in [2.45, 2.75) is 77.7 Å². The zero-order valence-electron chi connectivity index (χ0n) is 16.0. The first-order valence-corrected chi connectivity index (χ1v) is 10.5. The van der Waals surface area contributed by atoms with Gasteiger partial charge in [-0.05, 0) is 73.5 Å². The number of hydrogen-bond acceptors (Lipinski definition) is 3. The number of Topliss-reactive ketones (excluding diaryl/α,β-unsaturated/α-hetero) is 2. The monoisotopic (exact) mass is 344 g/mol. The van der Waals surface area contributed by atoms with Crippen LogP contribution in [-0.2, 0) is 14.3 Å². The maximum absolute atomic E-state index is 13.0. The van der Waals surface area contributed by atoms with Crippen molar-refractivity contribution in [3.8, 4) is 0 Å². The maximum atomic E-state index is 13.0. The fourth-order valence-corrected chi connectivity index (χ4v) is 8.15. The summed E-state index contributed by atoms with van der Waals surface area (Å²) in [5.74, 6) is 3.27. The minimum Gasteiger partial charge on any atom is -0.370 e. The lowest BCUT2D eigenvalue weighted by atomic mass is 9.44. The van der Waals surface area contributed by atoms with E-state index in [1.54, 1.807) is 0 Å². The van der Waals surface area contributed by atoms with Gasteiger partial charge in [-0.3, -0.25) is 9.59 Å². The minimum absolute atomic E-state index is 0.0147. The first-order chi connectivity index (χ1) is 11.8. The molecule has 5 rings (SSSR count). The molecule has 0 N–H and O–H groups in total. The summed E-state index contributed by atoms with van der Waals surface area (Å²) < 4.78 is 5.86. The fraction of sp³-hybridized carbons (Fsp3) is 0.909. The Balaban J connectivity index is 1.48. The molecule has 0 amide bonds. The molecule has 5 fully saturated rings. The molecule has 1 heterocycles. The molecule has 0 radical (unpaired) electrons. The molecular weight excluding hydrogens is 312 g/mol. The largest absolute Gasteiger partial charge is 0.370 e. The molecule has 1 saturated heterocycles. The van der Waals surface area contributed by atoms with E-state index >= 15 is 0 Å². The van der Waals surface area contributed by atoms with E-state index in [2.05, 4.69) is 20.8 Å². The highest BCUT2D eigenvalue weighted by Gasteiger charge is 2.66. The van der Waals surface area contributed by atoms with E-state index in [0.29, 0.717) is 53.5 Å². The third-order valence-corrected chi connectivity index (χ3v) is 9.62. The molecule has 4 saturated carbocycles. The molecule has 0 bridgehead atoms. The molecule has 0 aromatic rings. The normalized spacial score (nSPS) is 57.6. The van der Waals surface area contributed by atoms with Crippen molar-refractivity contribution in [2.75, 3.05) is 6.61 Å². The Labute approximate surface area is 151 Å². The third-order valence-electron chi connectivity index (χ3n) is 9.62. The van der Waals surface area contributed by atoms with Gasteiger partial charge in [-0.1, -0.05) is 13.8 Å². The summed E-state index contributed by atoms with van der Waals surface area (Å²) in [6, 6.07) is 0. The van der Waals surface area contributed by atoms with Crippen LogP contribution in [-0.4, -0.2) is 23.8 Å². The fourth-order valence-electron chi connectivity index (χ4n) is 8.15. The summed E-state index contributed by atoms with van der Waals surface area (Å²) in [6.07, 6.45) is 7.97. The van der Waals surface area contributed by atoms with E-state index in [4.69, 9.17) is 4.74 Å². The average Bonchev–Trinajstić information content (AvgIpc) is 3.18. The van der Waals surface area contributed by atoms with Gasteiger partial charge in [0.1, 0.15) is 11.6 Å². The van der Waals surface area contributed by atoms with Gasteiger partial charge in [-0.15, -0.1) is 0 Å². The Kier molecular flexibility index (Phi) is 3.27. The SMILES string of the molecule is CC1(C2CCC3C4CC(=O)C5CC(=O)CC[C@]5(C)C4CC[C@@]32C)CO1. The summed E-state index contributed by atoms with van der Waals surface area (Å²) in [5.41, 5.74) is 0.534. The van der Waals surface area contributed by atoms with E-state index in [9.17, 15) is 9.59 Å². The highest BCUT2D eigenvalue weighted by atomic mass is 16.6. The molecular formula is C22H32O3. The Hall–Kier alpha value is -0.700. The van der Waals surface area contributed by atoms with Crippen molar-refractivity contribution in [3.63, 3.8) is 0 Å². The lowest BCUT2D eigenvalue weighted by Gasteiger charge is -2.59. The van der Waals surface area contributed by atoms with E-state index in [1.165, 1.54) is 25.7 Å². The number of epoxide rings is 1. The summed E-state index contributed by atoms with van der Waals surface area (Å²) >= 11 is 0. The molecule has 0 aromatic carbocycles. The van der Waals surface area contributed by atoms with Crippen LogP contribution in [0.3, 0.4) is 0 Å². The second-order valence-corrected chi connectivity index (χ2v) is 10.6. The second kappa shape index (κ2) is 4.97. The summed E-state index contributed by atoms with van der Waals surface area (Å²) in [4.78, 5) is 25.0. The maximum Gasteiger partial charge on any atom is 0.137 e. The number of ether oxygens (including phenoxy) is 1. The van der Waals surface area contributed by atoms with Crippen molar-refractivity contribution in [1.29, 1.82) is 0 Å². The van der Waals surface area contributed by atoms with E-state index in [-0.39, 0.29) is 16.9 Å². The first kappa shape index (κ1) is 16.5. The van der Waals surface area contributed by atoms with Crippen LogP contribution in [0, 0.1) is 40.4 Å². The van der Waals surface area contributed by atoms with Crippen LogP contribution in [0.4, 0.5) is 0 Å². The van der Waals surface area contributed by atoms with Gasteiger partial charge < -0.3 is 4.74 Å². The lowest BCUT2D eigenvalue weighted by Crippen LogP contribution is -2.57. The molecule has 0 spiro atoms. The number of fused-ring (bicyclic) bond motifs is 5.